The molecule has 0 fully saturated rings. The molecule has 0 aromatic carbocycles. The number of hydrogen-bond donors (Lipinski definition) is 0. The van der Waals surface area contributed by atoms with E-state index >= 15 is 0 Å². The lowest BCUT2D eigenvalue weighted by molar-refractivity contribution is -0.138. The highest BCUT2D eigenvalue weighted by Gasteiger charge is 2.09. The molecule has 17 heavy (non-hydrogen) atoms. The average Bonchev–Trinajstić information content (AvgIpc) is 2.36. The largest absolute Gasteiger partial charge is 0.469 e. The first kappa shape index (κ1) is 15.9. The maximum atomic E-state index is 11.2. The van der Waals surface area contributed by atoms with Gasteiger partial charge in [-0.2, -0.15) is 0 Å². The number of esters is 1. The summed E-state index contributed by atoms with van der Waals surface area (Å²) in [4.78, 5) is 11.2. The predicted octanol–water partition coefficient (Wildman–Crippen LogP) is 0.567. The molecule has 0 aromatic heterocycles. The Kier molecular flexibility index (Phi) is 9.50. The first-order chi connectivity index (χ1) is 8.17. The van der Waals surface area contributed by atoms with Crippen molar-refractivity contribution in [3.63, 3.8) is 0 Å². The molecule has 0 saturated heterocycles. The van der Waals surface area contributed by atoms with Crippen LogP contribution in [0.15, 0.2) is 12.0 Å². The third-order valence-corrected chi connectivity index (χ3v) is 3.92. The van der Waals surface area contributed by atoms with E-state index in [4.69, 9.17) is 23.1 Å². The summed E-state index contributed by atoms with van der Waals surface area (Å²) in [7, 11) is 4.52. The van der Waals surface area contributed by atoms with Crippen LogP contribution in [-0.2, 0) is 27.9 Å². The molecule has 0 heterocycles. The van der Waals surface area contributed by atoms with Crippen molar-refractivity contribution < 1.29 is 27.9 Å². The summed E-state index contributed by atoms with van der Waals surface area (Å²) in [5.74, 6) is -0.368. The lowest BCUT2D eigenvalue weighted by Gasteiger charge is -2.10. The molecule has 0 amide bonds. The maximum Gasteiger partial charge on any atom is 0.337 e. The van der Waals surface area contributed by atoms with Crippen LogP contribution in [0.4, 0.5) is 0 Å². The Hall–Kier alpha value is -1.05. The monoisotopic (exact) mass is 264 g/mol. The molecule has 0 N–H and O–H groups in total. The Bertz CT molecular complexity index is 233. The maximum absolute atomic E-state index is 11.2. The Balaban J connectivity index is 3.75. The van der Waals surface area contributed by atoms with E-state index in [0.717, 1.165) is 12.1 Å². The van der Waals surface area contributed by atoms with Crippen LogP contribution in [0.1, 0.15) is 6.42 Å². The van der Waals surface area contributed by atoms with E-state index in [0.29, 0.717) is 13.0 Å². The van der Waals surface area contributed by atoms with E-state index in [1.165, 1.54) is 14.2 Å². The van der Waals surface area contributed by atoms with Crippen molar-refractivity contribution in [1.29, 1.82) is 0 Å². The highest BCUT2D eigenvalue weighted by atomic mass is 28.3. The molecule has 6 nitrogen and oxygen atoms in total. The molecule has 100 valence electrons. The minimum Gasteiger partial charge on any atom is -0.469 e. The molecular weight excluding hydrogens is 244 g/mol. The van der Waals surface area contributed by atoms with Gasteiger partial charge in [0.1, 0.15) is 6.08 Å². The zero-order valence-corrected chi connectivity index (χ0v) is 11.9. The van der Waals surface area contributed by atoms with Crippen molar-refractivity contribution in [2.24, 2.45) is 0 Å². The molecule has 0 bridgehead atoms. The number of ether oxygens (including phenoxy) is 3. The number of rotatable bonds is 9. The van der Waals surface area contributed by atoms with Gasteiger partial charge in [0.05, 0.1) is 20.8 Å². The minimum atomic E-state index is -1.55. The zero-order chi connectivity index (χ0) is 13.1. The molecule has 0 aromatic rings. The van der Waals surface area contributed by atoms with Crippen molar-refractivity contribution in [2.45, 2.75) is 12.5 Å². The van der Waals surface area contributed by atoms with Crippen LogP contribution in [-0.4, -0.2) is 50.3 Å². The Morgan fingerprint density at radius 1 is 1.12 bits per heavy atom. The Morgan fingerprint density at radius 2 is 1.71 bits per heavy atom. The smallest absolute Gasteiger partial charge is 0.337 e. The van der Waals surface area contributed by atoms with Crippen LogP contribution in [0.3, 0.4) is 0 Å². The van der Waals surface area contributed by atoms with Gasteiger partial charge in [0, 0.05) is 14.2 Å². The zero-order valence-electron chi connectivity index (χ0n) is 10.7. The molecular formula is C10H20O6Si. The standard InChI is InChI=1S/C10H20O6Si/c1-12-10(13-2)8-9(11)16-6-5-7-17(14-3)15-4/h8,17H,5-7H2,1-4H3. The first-order valence-electron chi connectivity index (χ1n) is 5.20. The van der Waals surface area contributed by atoms with E-state index in [9.17, 15) is 4.79 Å². The second-order valence-electron chi connectivity index (χ2n) is 3.08. The van der Waals surface area contributed by atoms with E-state index in [-0.39, 0.29) is 5.95 Å². The Morgan fingerprint density at radius 3 is 2.18 bits per heavy atom. The molecule has 0 atom stereocenters. The fraction of sp³-hybridized carbons (Fsp3) is 0.700. The second-order valence-corrected chi connectivity index (χ2v) is 5.46. The van der Waals surface area contributed by atoms with Crippen LogP contribution in [0, 0.1) is 0 Å². The van der Waals surface area contributed by atoms with Crippen molar-refractivity contribution in [1.82, 2.24) is 0 Å². The highest BCUT2D eigenvalue weighted by molar-refractivity contribution is 6.44. The minimum absolute atomic E-state index is 0.121. The van der Waals surface area contributed by atoms with Crippen molar-refractivity contribution >= 4 is 15.3 Å². The number of hydrogen-bond acceptors (Lipinski definition) is 6. The average molecular weight is 264 g/mol. The van der Waals surface area contributed by atoms with Gasteiger partial charge in [0.15, 0.2) is 0 Å². The summed E-state index contributed by atoms with van der Waals surface area (Å²) in [5, 5.41) is 0. The summed E-state index contributed by atoms with van der Waals surface area (Å²) in [5.41, 5.74) is 0. The van der Waals surface area contributed by atoms with Gasteiger partial charge in [-0.25, -0.2) is 4.79 Å². The molecule has 0 saturated carbocycles. The molecule has 0 rings (SSSR count). The van der Waals surface area contributed by atoms with Gasteiger partial charge >= 0.3 is 15.3 Å². The molecule has 0 aliphatic rings. The van der Waals surface area contributed by atoms with Gasteiger partial charge in [-0.1, -0.05) is 0 Å². The molecule has 0 unspecified atom stereocenters. The van der Waals surface area contributed by atoms with Gasteiger partial charge < -0.3 is 23.1 Å². The van der Waals surface area contributed by atoms with Gasteiger partial charge in [0.25, 0.3) is 5.95 Å². The van der Waals surface area contributed by atoms with Gasteiger partial charge in [-0.05, 0) is 12.5 Å². The van der Waals surface area contributed by atoms with E-state index in [2.05, 4.69) is 0 Å². The summed E-state index contributed by atoms with van der Waals surface area (Å²) in [6.45, 7) is 0.326. The second kappa shape index (κ2) is 10.1. The third kappa shape index (κ3) is 7.78. The summed E-state index contributed by atoms with van der Waals surface area (Å²) in [6.07, 6.45) is 1.87. The number of carbonyl (C=O) groups excluding carboxylic acids is 1. The lowest BCUT2D eigenvalue weighted by Crippen LogP contribution is -2.19. The highest BCUT2D eigenvalue weighted by Crippen LogP contribution is 2.01. The molecule has 0 aliphatic heterocycles. The summed E-state index contributed by atoms with van der Waals surface area (Å²) >= 11 is 0. The Labute approximate surface area is 103 Å². The summed E-state index contributed by atoms with van der Waals surface area (Å²) in [6, 6.07) is 0.797. The van der Waals surface area contributed by atoms with Gasteiger partial charge in [-0.15, -0.1) is 0 Å². The fourth-order valence-corrected chi connectivity index (χ4v) is 2.26. The summed E-state index contributed by atoms with van der Waals surface area (Å²) < 4.78 is 24.7. The van der Waals surface area contributed by atoms with Crippen molar-refractivity contribution in [3.05, 3.63) is 12.0 Å². The number of methoxy groups -OCH3 is 2. The van der Waals surface area contributed by atoms with Crippen LogP contribution in [0.2, 0.25) is 6.04 Å². The predicted molar refractivity (Wildman–Crippen MR) is 63.7 cm³/mol. The van der Waals surface area contributed by atoms with Crippen LogP contribution < -0.4 is 0 Å². The van der Waals surface area contributed by atoms with E-state index < -0.39 is 15.3 Å². The van der Waals surface area contributed by atoms with Crippen LogP contribution in [0.25, 0.3) is 0 Å². The molecule has 0 aliphatic carbocycles. The van der Waals surface area contributed by atoms with Crippen LogP contribution >= 0.6 is 0 Å². The quantitative estimate of drug-likeness (QED) is 0.199. The van der Waals surface area contributed by atoms with E-state index in [1.54, 1.807) is 14.2 Å². The lowest BCUT2D eigenvalue weighted by atomic mass is 10.5. The van der Waals surface area contributed by atoms with Gasteiger partial charge in [-0.3, -0.25) is 0 Å². The molecule has 7 heteroatoms. The fourth-order valence-electron chi connectivity index (χ4n) is 1.09. The van der Waals surface area contributed by atoms with Crippen molar-refractivity contribution in [3.8, 4) is 0 Å². The van der Waals surface area contributed by atoms with Crippen molar-refractivity contribution in [2.75, 3.05) is 35.0 Å². The normalized spacial score (nSPS) is 9.94. The first-order valence-corrected chi connectivity index (χ1v) is 6.95. The van der Waals surface area contributed by atoms with E-state index in [1.807, 2.05) is 0 Å². The molecule has 0 radical (unpaired) electrons. The topological polar surface area (TPSA) is 63.2 Å². The SMILES string of the molecule is COC(=CC(=O)OCCC[SiH](OC)OC)OC. The third-order valence-electron chi connectivity index (χ3n) is 1.99. The van der Waals surface area contributed by atoms with Gasteiger partial charge in [0.2, 0.25) is 0 Å². The molecule has 0 spiro atoms. The van der Waals surface area contributed by atoms with Crippen LogP contribution in [0.5, 0.6) is 0 Å². The number of carbonyl (C=O) groups is 1.